The highest BCUT2D eigenvalue weighted by atomic mass is 32.1. The molecular weight excluding hydrogens is 246 g/mol. The Labute approximate surface area is 113 Å². The van der Waals surface area contributed by atoms with Gasteiger partial charge in [-0.25, -0.2) is 4.98 Å². The number of amides is 1. The molecule has 1 rings (SSSR count). The fraction of sp³-hybridized carbons (Fsp3) is 0.692. The average Bonchev–Trinajstić information content (AvgIpc) is 2.74. The molecule has 1 aromatic heterocycles. The van der Waals surface area contributed by atoms with Crippen molar-refractivity contribution < 1.29 is 4.79 Å². The van der Waals surface area contributed by atoms with Crippen LogP contribution >= 0.6 is 11.3 Å². The molecule has 0 saturated carbocycles. The smallest absolute Gasteiger partial charge is 0.233 e. The Hall–Kier alpha value is -0.940. The molecule has 0 aliphatic rings. The molecule has 0 saturated heterocycles. The molecule has 0 spiro atoms. The van der Waals surface area contributed by atoms with Crippen LogP contribution in [0.1, 0.15) is 44.0 Å². The maximum absolute atomic E-state index is 11.4. The minimum Gasteiger partial charge on any atom is -0.355 e. The van der Waals surface area contributed by atoms with Crippen LogP contribution in [0.2, 0.25) is 0 Å². The van der Waals surface area contributed by atoms with Crippen molar-refractivity contribution in [1.82, 2.24) is 15.6 Å². The maximum Gasteiger partial charge on any atom is 0.233 e. The number of carbonyl (C=O) groups excluding carboxylic acids is 1. The molecule has 1 heterocycles. The van der Waals surface area contributed by atoms with Crippen molar-refractivity contribution in [2.75, 3.05) is 13.1 Å². The first-order chi connectivity index (χ1) is 8.43. The Morgan fingerprint density at radius 1 is 1.44 bits per heavy atom. The molecular formula is C13H23N3OS. The molecule has 0 radical (unpaired) electrons. The fourth-order valence-electron chi connectivity index (χ4n) is 1.36. The van der Waals surface area contributed by atoms with Crippen molar-refractivity contribution in [2.24, 2.45) is 0 Å². The van der Waals surface area contributed by atoms with Crippen LogP contribution in [0.5, 0.6) is 0 Å². The number of aromatic nitrogens is 1. The van der Waals surface area contributed by atoms with Crippen molar-refractivity contribution in [3.63, 3.8) is 0 Å². The Kier molecular flexibility index (Phi) is 5.75. The Morgan fingerprint density at radius 2 is 2.17 bits per heavy atom. The van der Waals surface area contributed by atoms with Gasteiger partial charge in [0.15, 0.2) is 0 Å². The second kappa shape index (κ2) is 6.85. The Bertz CT molecular complexity index is 382. The molecule has 102 valence electrons. The van der Waals surface area contributed by atoms with Crippen LogP contribution in [0.15, 0.2) is 6.20 Å². The van der Waals surface area contributed by atoms with Gasteiger partial charge < -0.3 is 10.6 Å². The van der Waals surface area contributed by atoms with Crippen molar-refractivity contribution in [3.8, 4) is 0 Å². The molecule has 5 heteroatoms. The molecule has 0 unspecified atom stereocenters. The average molecular weight is 269 g/mol. The third kappa shape index (κ3) is 5.14. The van der Waals surface area contributed by atoms with E-state index in [-0.39, 0.29) is 11.3 Å². The lowest BCUT2D eigenvalue weighted by Crippen LogP contribution is -2.33. The number of carbonyl (C=O) groups is 1. The van der Waals surface area contributed by atoms with E-state index < -0.39 is 0 Å². The van der Waals surface area contributed by atoms with Gasteiger partial charge in [0.25, 0.3) is 0 Å². The van der Waals surface area contributed by atoms with Gasteiger partial charge in [-0.15, -0.1) is 11.3 Å². The Morgan fingerprint density at radius 3 is 2.72 bits per heavy atom. The molecule has 0 aliphatic heterocycles. The SMILES string of the molecule is CCCNC(=O)CNCc1cnc(C(C)(C)C)s1. The molecule has 0 bridgehead atoms. The van der Waals surface area contributed by atoms with E-state index >= 15 is 0 Å². The minimum absolute atomic E-state index is 0.0532. The van der Waals surface area contributed by atoms with Crippen molar-refractivity contribution in [1.29, 1.82) is 0 Å². The summed E-state index contributed by atoms with van der Waals surface area (Å²) in [5.41, 5.74) is 0.0986. The van der Waals surface area contributed by atoms with Crippen LogP contribution in [0.25, 0.3) is 0 Å². The monoisotopic (exact) mass is 269 g/mol. The van der Waals surface area contributed by atoms with Crippen LogP contribution < -0.4 is 10.6 Å². The summed E-state index contributed by atoms with van der Waals surface area (Å²) < 4.78 is 0. The molecule has 1 aromatic rings. The van der Waals surface area contributed by atoms with Crippen LogP contribution in [-0.4, -0.2) is 24.0 Å². The van der Waals surface area contributed by atoms with Gasteiger partial charge in [0.1, 0.15) is 0 Å². The first-order valence-corrected chi connectivity index (χ1v) is 7.17. The summed E-state index contributed by atoms with van der Waals surface area (Å²) >= 11 is 1.70. The predicted octanol–water partition coefficient (Wildman–Crippen LogP) is 2.06. The summed E-state index contributed by atoms with van der Waals surface area (Å²) in [5, 5.41) is 7.10. The van der Waals surface area contributed by atoms with Gasteiger partial charge >= 0.3 is 0 Å². The van der Waals surface area contributed by atoms with Gasteiger partial charge in [-0.2, -0.15) is 0 Å². The lowest BCUT2D eigenvalue weighted by atomic mass is 9.98. The van der Waals surface area contributed by atoms with Crippen LogP contribution in [0.3, 0.4) is 0 Å². The largest absolute Gasteiger partial charge is 0.355 e. The number of rotatable bonds is 6. The number of thiazole rings is 1. The number of hydrogen-bond acceptors (Lipinski definition) is 4. The summed E-state index contributed by atoms with van der Waals surface area (Å²) in [7, 11) is 0. The van der Waals surface area contributed by atoms with E-state index in [1.54, 1.807) is 11.3 Å². The van der Waals surface area contributed by atoms with E-state index in [0.717, 1.165) is 18.0 Å². The zero-order valence-corrected chi connectivity index (χ0v) is 12.5. The van der Waals surface area contributed by atoms with E-state index in [9.17, 15) is 4.79 Å². The van der Waals surface area contributed by atoms with E-state index in [1.165, 1.54) is 4.88 Å². The van der Waals surface area contributed by atoms with Gasteiger partial charge in [0, 0.05) is 29.6 Å². The van der Waals surface area contributed by atoms with E-state index in [4.69, 9.17) is 0 Å². The highest BCUT2D eigenvalue weighted by Gasteiger charge is 2.17. The Balaban J connectivity index is 2.32. The molecule has 0 aromatic carbocycles. The fourth-order valence-corrected chi connectivity index (χ4v) is 2.30. The van der Waals surface area contributed by atoms with Crippen molar-refractivity contribution in [2.45, 2.75) is 46.1 Å². The molecule has 4 nitrogen and oxygen atoms in total. The van der Waals surface area contributed by atoms with Gasteiger partial charge in [-0.05, 0) is 6.42 Å². The lowest BCUT2D eigenvalue weighted by Gasteiger charge is -2.13. The standard InChI is InChI=1S/C13H23N3OS/c1-5-6-15-11(17)9-14-7-10-8-16-12(18-10)13(2,3)4/h8,14H,5-7,9H2,1-4H3,(H,15,17). The predicted molar refractivity (Wildman–Crippen MR) is 75.8 cm³/mol. The topological polar surface area (TPSA) is 54.0 Å². The van der Waals surface area contributed by atoms with Gasteiger partial charge in [0.2, 0.25) is 5.91 Å². The summed E-state index contributed by atoms with van der Waals surface area (Å²) in [6.45, 7) is 10.3. The zero-order chi connectivity index (χ0) is 13.6. The third-order valence-electron chi connectivity index (χ3n) is 2.35. The normalized spacial score (nSPS) is 11.6. The third-order valence-corrected chi connectivity index (χ3v) is 3.78. The number of nitrogens with zero attached hydrogens (tertiary/aromatic N) is 1. The first kappa shape index (κ1) is 15.1. The van der Waals surface area contributed by atoms with E-state index in [0.29, 0.717) is 13.1 Å². The second-order valence-electron chi connectivity index (χ2n) is 5.34. The number of hydrogen-bond donors (Lipinski definition) is 2. The van der Waals surface area contributed by atoms with Crippen LogP contribution in [0, 0.1) is 0 Å². The maximum atomic E-state index is 11.4. The quantitative estimate of drug-likeness (QED) is 0.831. The van der Waals surface area contributed by atoms with E-state index in [2.05, 4.69) is 36.4 Å². The summed E-state index contributed by atoms with van der Waals surface area (Å²) in [6.07, 6.45) is 2.86. The highest BCUT2D eigenvalue weighted by Crippen LogP contribution is 2.26. The van der Waals surface area contributed by atoms with Crippen molar-refractivity contribution >= 4 is 17.2 Å². The molecule has 0 aliphatic carbocycles. The van der Waals surface area contributed by atoms with Crippen LogP contribution in [-0.2, 0) is 16.8 Å². The molecule has 0 fully saturated rings. The highest BCUT2D eigenvalue weighted by molar-refractivity contribution is 7.11. The molecule has 1 amide bonds. The van der Waals surface area contributed by atoms with Gasteiger partial charge in [0.05, 0.1) is 11.6 Å². The first-order valence-electron chi connectivity index (χ1n) is 6.36. The van der Waals surface area contributed by atoms with E-state index in [1.807, 2.05) is 13.1 Å². The second-order valence-corrected chi connectivity index (χ2v) is 6.45. The molecule has 0 atom stereocenters. The summed E-state index contributed by atoms with van der Waals surface area (Å²) in [6, 6.07) is 0. The van der Waals surface area contributed by atoms with Crippen molar-refractivity contribution in [3.05, 3.63) is 16.1 Å². The number of nitrogens with one attached hydrogen (secondary N) is 2. The minimum atomic E-state index is 0.0532. The lowest BCUT2D eigenvalue weighted by molar-refractivity contribution is -0.120. The van der Waals surface area contributed by atoms with Gasteiger partial charge in [-0.3, -0.25) is 4.79 Å². The zero-order valence-electron chi connectivity index (χ0n) is 11.7. The summed E-state index contributed by atoms with van der Waals surface area (Å²) in [5.74, 6) is 0.0532. The summed E-state index contributed by atoms with van der Waals surface area (Å²) in [4.78, 5) is 17.0. The van der Waals surface area contributed by atoms with Gasteiger partial charge in [-0.1, -0.05) is 27.7 Å². The van der Waals surface area contributed by atoms with Crippen LogP contribution in [0.4, 0.5) is 0 Å². The molecule has 18 heavy (non-hydrogen) atoms. The molecule has 2 N–H and O–H groups in total.